The maximum absolute atomic E-state index is 14.0. The lowest BCUT2D eigenvalue weighted by atomic mass is 10.2. The quantitative estimate of drug-likeness (QED) is 0.858. The number of rotatable bonds is 2. The third-order valence-corrected chi connectivity index (χ3v) is 2.87. The second kappa shape index (κ2) is 5.77. The van der Waals surface area contributed by atoms with E-state index in [9.17, 15) is 9.18 Å². The molecule has 1 aliphatic heterocycles. The second-order valence-electron chi connectivity index (χ2n) is 4.03. The molecule has 1 fully saturated rings. The number of anilines is 1. The molecular weight excluding hydrogens is 237 g/mol. The van der Waals surface area contributed by atoms with Crippen molar-refractivity contribution in [2.24, 2.45) is 0 Å². The summed E-state index contributed by atoms with van der Waals surface area (Å²) in [6.07, 6.45) is 2.20. The van der Waals surface area contributed by atoms with Gasteiger partial charge < -0.3 is 15.0 Å². The number of nitrogens with one attached hydrogen (secondary N) is 1. The number of carbonyl (C=O) groups excluding carboxylic acids is 1. The molecule has 1 amide bonds. The fourth-order valence-corrected chi connectivity index (χ4v) is 1.90. The zero-order valence-electron chi connectivity index (χ0n) is 10.3. The van der Waals surface area contributed by atoms with Crippen LogP contribution >= 0.6 is 0 Å². The van der Waals surface area contributed by atoms with Crippen LogP contribution < -0.4 is 5.32 Å². The lowest BCUT2D eigenvalue weighted by molar-refractivity contribution is 0.0736. The van der Waals surface area contributed by atoms with Gasteiger partial charge in [0.2, 0.25) is 0 Å². The Morgan fingerprint density at radius 2 is 2.33 bits per heavy atom. The van der Waals surface area contributed by atoms with Crippen LogP contribution in [0.25, 0.3) is 0 Å². The molecule has 0 atom stereocenters. The van der Waals surface area contributed by atoms with Crippen LogP contribution in [0, 0.1) is 5.82 Å². The summed E-state index contributed by atoms with van der Waals surface area (Å²) in [5, 5.41) is 2.62. The van der Waals surface area contributed by atoms with Crippen molar-refractivity contribution in [1.29, 1.82) is 0 Å². The minimum atomic E-state index is -0.602. The zero-order chi connectivity index (χ0) is 13.0. The molecule has 2 heterocycles. The summed E-state index contributed by atoms with van der Waals surface area (Å²) in [7, 11) is 1.57. The van der Waals surface area contributed by atoms with Crippen molar-refractivity contribution in [3.8, 4) is 0 Å². The molecule has 0 radical (unpaired) electrons. The molecule has 1 aliphatic rings. The molecule has 5 nitrogen and oxygen atoms in total. The van der Waals surface area contributed by atoms with Crippen LogP contribution in [0.4, 0.5) is 10.2 Å². The minimum absolute atomic E-state index is 0.0521. The molecule has 0 aliphatic carbocycles. The average Bonchev–Trinajstić information content (AvgIpc) is 2.67. The van der Waals surface area contributed by atoms with Gasteiger partial charge in [-0.05, 0) is 12.5 Å². The Hall–Kier alpha value is -1.69. The summed E-state index contributed by atoms with van der Waals surface area (Å²) in [4.78, 5) is 17.7. The lowest BCUT2D eigenvalue weighted by Crippen LogP contribution is -2.33. The van der Waals surface area contributed by atoms with Crippen LogP contribution in [-0.2, 0) is 4.74 Å². The zero-order valence-corrected chi connectivity index (χ0v) is 10.3. The molecule has 2 rings (SSSR count). The van der Waals surface area contributed by atoms with E-state index in [2.05, 4.69) is 10.3 Å². The predicted molar refractivity (Wildman–Crippen MR) is 65.1 cm³/mol. The highest BCUT2D eigenvalue weighted by molar-refractivity contribution is 5.95. The molecule has 1 aromatic rings. The molecule has 0 aromatic carbocycles. The Morgan fingerprint density at radius 3 is 3.11 bits per heavy atom. The van der Waals surface area contributed by atoms with Gasteiger partial charge in [0.15, 0.2) is 11.6 Å². The number of nitrogens with zero attached hydrogens (tertiary/aromatic N) is 2. The van der Waals surface area contributed by atoms with E-state index in [1.165, 1.54) is 12.3 Å². The van der Waals surface area contributed by atoms with Crippen LogP contribution in [0.5, 0.6) is 0 Å². The number of halogens is 1. The van der Waals surface area contributed by atoms with Gasteiger partial charge >= 0.3 is 0 Å². The van der Waals surface area contributed by atoms with Gasteiger partial charge in [0.05, 0.1) is 12.2 Å². The normalized spacial score (nSPS) is 16.2. The van der Waals surface area contributed by atoms with E-state index >= 15 is 0 Å². The molecule has 1 N–H and O–H groups in total. The van der Waals surface area contributed by atoms with E-state index in [1.807, 2.05) is 0 Å². The Morgan fingerprint density at radius 1 is 1.50 bits per heavy atom. The van der Waals surface area contributed by atoms with Gasteiger partial charge in [-0.25, -0.2) is 9.37 Å². The maximum atomic E-state index is 14.0. The van der Waals surface area contributed by atoms with Gasteiger partial charge in [0, 0.05) is 32.9 Å². The van der Waals surface area contributed by atoms with Crippen molar-refractivity contribution in [3.05, 3.63) is 23.6 Å². The Labute approximate surface area is 105 Å². The second-order valence-corrected chi connectivity index (χ2v) is 4.03. The Kier molecular flexibility index (Phi) is 4.09. The molecule has 0 unspecified atom stereocenters. The summed E-state index contributed by atoms with van der Waals surface area (Å²) >= 11 is 0. The first-order valence-corrected chi connectivity index (χ1v) is 5.93. The Bertz CT molecular complexity index is 431. The van der Waals surface area contributed by atoms with Crippen molar-refractivity contribution in [1.82, 2.24) is 9.88 Å². The Balaban J connectivity index is 2.22. The van der Waals surface area contributed by atoms with Gasteiger partial charge in [-0.2, -0.15) is 0 Å². The minimum Gasteiger partial charge on any atom is -0.380 e. The van der Waals surface area contributed by atoms with Crippen LogP contribution in [-0.4, -0.2) is 49.1 Å². The number of hydrogen-bond donors (Lipinski definition) is 1. The maximum Gasteiger partial charge on any atom is 0.257 e. The smallest absolute Gasteiger partial charge is 0.257 e. The molecule has 1 saturated heterocycles. The van der Waals surface area contributed by atoms with Gasteiger partial charge in [-0.3, -0.25) is 4.79 Å². The molecule has 98 valence electrons. The largest absolute Gasteiger partial charge is 0.380 e. The van der Waals surface area contributed by atoms with Crippen LogP contribution in [0.1, 0.15) is 16.8 Å². The number of ether oxygens (including phenoxy) is 1. The van der Waals surface area contributed by atoms with Crippen molar-refractivity contribution < 1.29 is 13.9 Å². The van der Waals surface area contributed by atoms with E-state index < -0.39 is 5.82 Å². The number of carbonyl (C=O) groups is 1. The van der Waals surface area contributed by atoms with Crippen molar-refractivity contribution >= 4 is 11.7 Å². The fourth-order valence-electron chi connectivity index (χ4n) is 1.90. The van der Waals surface area contributed by atoms with Crippen LogP contribution in [0.15, 0.2) is 12.3 Å². The van der Waals surface area contributed by atoms with Crippen LogP contribution in [0.3, 0.4) is 0 Å². The highest BCUT2D eigenvalue weighted by Gasteiger charge is 2.22. The molecule has 0 spiro atoms. The molecule has 1 aromatic heterocycles. The van der Waals surface area contributed by atoms with Gasteiger partial charge in [-0.1, -0.05) is 0 Å². The highest BCUT2D eigenvalue weighted by atomic mass is 19.1. The SMILES string of the molecule is CNc1nccc(C(=O)N2CCCOCC2)c1F. The number of amides is 1. The standard InChI is InChI=1S/C12H16FN3O2/c1-14-11-10(13)9(3-4-15-11)12(17)16-5-2-7-18-8-6-16/h3-4H,2,5-8H2,1H3,(H,14,15). The third kappa shape index (κ3) is 2.59. The highest BCUT2D eigenvalue weighted by Crippen LogP contribution is 2.17. The molecule has 6 heteroatoms. The predicted octanol–water partition coefficient (Wildman–Crippen LogP) is 1.12. The van der Waals surface area contributed by atoms with Crippen molar-refractivity contribution in [2.45, 2.75) is 6.42 Å². The molecule has 0 bridgehead atoms. The van der Waals surface area contributed by atoms with Gasteiger partial charge in [0.25, 0.3) is 5.91 Å². The summed E-state index contributed by atoms with van der Waals surface area (Å²) in [5.41, 5.74) is 0.0521. The first-order valence-electron chi connectivity index (χ1n) is 5.93. The van der Waals surface area contributed by atoms with Crippen molar-refractivity contribution in [3.63, 3.8) is 0 Å². The van der Waals surface area contributed by atoms with E-state index in [0.717, 1.165) is 6.42 Å². The van der Waals surface area contributed by atoms with E-state index in [1.54, 1.807) is 11.9 Å². The summed E-state index contributed by atoms with van der Waals surface area (Å²) in [5.74, 6) is -0.820. The van der Waals surface area contributed by atoms with Crippen LogP contribution in [0.2, 0.25) is 0 Å². The van der Waals surface area contributed by atoms with Gasteiger partial charge in [0.1, 0.15) is 0 Å². The van der Waals surface area contributed by atoms with Gasteiger partial charge in [-0.15, -0.1) is 0 Å². The fraction of sp³-hybridized carbons (Fsp3) is 0.500. The molecular formula is C12H16FN3O2. The first-order chi connectivity index (χ1) is 8.74. The third-order valence-electron chi connectivity index (χ3n) is 2.87. The average molecular weight is 253 g/mol. The van der Waals surface area contributed by atoms with E-state index in [-0.39, 0.29) is 17.3 Å². The molecule has 18 heavy (non-hydrogen) atoms. The molecule has 0 saturated carbocycles. The topological polar surface area (TPSA) is 54.5 Å². The lowest BCUT2D eigenvalue weighted by Gasteiger charge is -2.20. The first kappa shape index (κ1) is 12.8. The summed E-state index contributed by atoms with van der Waals surface area (Å²) < 4.78 is 19.2. The number of pyridine rings is 1. The monoisotopic (exact) mass is 253 g/mol. The summed E-state index contributed by atoms with van der Waals surface area (Å²) in [6, 6.07) is 1.41. The number of hydrogen-bond acceptors (Lipinski definition) is 4. The van der Waals surface area contributed by atoms with E-state index in [0.29, 0.717) is 26.3 Å². The summed E-state index contributed by atoms with van der Waals surface area (Å²) in [6.45, 7) is 2.23. The van der Waals surface area contributed by atoms with E-state index in [4.69, 9.17) is 4.74 Å². The number of aromatic nitrogens is 1. The van der Waals surface area contributed by atoms with Crippen molar-refractivity contribution in [2.75, 3.05) is 38.7 Å².